The molecule has 0 saturated carbocycles. The van der Waals surface area contributed by atoms with Crippen molar-refractivity contribution in [1.29, 1.82) is 5.26 Å². The van der Waals surface area contributed by atoms with Crippen molar-refractivity contribution in [2.75, 3.05) is 19.3 Å². The Balaban J connectivity index is 3.60. The molecule has 3 heteroatoms. The maximum Gasteiger partial charge on any atom is 0.0621 e. The first kappa shape index (κ1) is 13.8. The monoisotopic (exact) mass is 214 g/mol. The zero-order chi connectivity index (χ0) is 11.0. The van der Waals surface area contributed by atoms with Crippen LogP contribution in [0, 0.1) is 16.7 Å². The van der Waals surface area contributed by atoms with Crippen LogP contribution in [0.5, 0.6) is 0 Å². The molecule has 1 unspecified atom stereocenters. The molecule has 1 atom stereocenters. The average Bonchev–Trinajstić information content (AvgIpc) is 2.14. The average molecular weight is 214 g/mol. The molecule has 0 spiro atoms. The molecule has 1 N–H and O–H groups in total. The third kappa shape index (κ3) is 7.23. The van der Waals surface area contributed by atoms with Crippen LogP contribution in [0.2, 0.25) is 0 Å². The van der Waals surface area contributed by atoms with Gasteiger partial charge in [0.1, 0.15) is 0 Å². The lowest BCUT2D eigenvalue weighted by atomic mass is 9.88. The molecule has 0 saturated heterocycles. The smallest absolute Gasteiger partial charge is 0.0621 e. The largest absolute Gasteiger partial charge is 0.315 e. The van der Waals surface area contributed by atoms with Crippen molar-refractivity contribution >= 4 is 11.8 Å². The Bertz CT molecular complexity index is 184. The van der Waals surface area contributed by atoms with Gasteiger partial charge in [-0.1, -0.05) is 20.8 Å². The molecular formula is C11H22N2S. The third-order valence-electron chi connectivity index (χ3n) is 2.35. The summed E-state index contributed by atoms with van der Waals surface area (Å²) in [6, 6.07) is 2.20. The van der Waals surface area contributed by atoms with Crippen LogP contribution in [0.25, 0.3) is 0 Å². The molecule has 0 heterocycles. The summed E-state index contributed by atoms with van der Waals surface area (Å²) in [5, 5.41) is 12.6. The van der Waals surface area contributed by atoms with E-state index >= 15 is 0 Å². The van der Waals surface area contributed by atoms with E-state index in [2.05, 4.69) is 38.4 Å². The van der Waals surface area contributed by atoms with E-state index in [1.807, 2.05) is 11.8 Å². The molecule has 0 aliphatic rings. The van der Waals surface area contributed by atoms with Crippen molar-refractivity contribution in [2.24, 2.45) is 5.41 Å². The van der Waals surface area contributed by atoms with E-state index in [1.165, 1.54) is 0 Å². The Morgan fingerprint density at radius 1 is 1.50 bits per heavy atom. The van der Waals surface area contributed by atoms with Crippen molar-refractivity contribution in [3.8, 4) is 6.07 Å². The van der Waals surface area contributed by atoms with Crippen LogP contribution in [0.15, 0.2) is 0 Å². The topological polar surface area (TPSA) is 35.8 Å². The van der Waals surface area contributed by atoms with Gasteiger partial charge in [0, 0.05) is 24.8 Å². The number of nitrogens with one attached hydrogen (secondary N) is 1. The highest BCUT2D eigenvalue weighted by atomic mass is 32.2. The van der Waals surface area contributed by atoms with E-state index in [1.54, 1.807) is 0 Å². The lowest BCUT2D eigenvalue weighted by Gasteiger charge is -2.24. The summed E-state index contributed by atoms with van der Waals surface area (Å²) in [4.78, 5) is 0. The van der Waals surface area contributed by atoms with Gasteiger partial charge >= 0.3 is 0 Å². The van der Waals surface area contributed by atoms with Gasteiger partial charge in [-0.3, -0.25) is 0 Å². The summed E-state index contributed by atoms with van der Waals surface area (Å²) >= 11 is 1.88. The quantitative estimate of drug-likeness (QED) is 0.708. The van der Waals surface area contributed by atoms with E-state index in [0.29, 0.717) is 11.7 Å². The second-order valence-electron chi connectivity index (χ2n) is 4.50. The maximum absolute atomic E-state index is 8.51. The minimum absolute atomic E-state index is 0.244. The second kappa shape index (κ2) is 7.14. The molecule has 2 nitrogen and oxygen atoms in total. The fraction of sp³-hybridized carbons (Fsp3) is 0.909. The van der Waals surface area contributed by atoms with Crippen molar-refractivity contribution in [3.63, 3.8) is 0 Å². The Hall–Kier alpha value is -0.200. The number of hydrogen-bond donors (Lipinski definition) is 1. The van der Waals surface area contributed by atoms with Gasteiger partial charge in [0.15, 0.2) is 0 Å². The Morgan fingerprint density at radius 3 is 2.64 bits per heavy atom. The van der Waals surface area contributed by atoms with Crippen molar-refractivity contribution in [2.45, 2.75) is 38.9 Å². The van der Waals surface area contributed by atoms with Crippen LogP contribution in [-0.4, -0.2) is 24.6 Å². The van der Waals surface area contributed by atoms with Crippen LogP contribution in [-0.2, 0) is 0 Å². The van der Waals surface area contributed by atoms with Gasteiger partial charge in [-0.15, -0.1) is 0 Å². The van der Waals surface area contributed by atoms with E-state index in [-0.39, 0.29) is 5.41 Å². The molecule has 0 bridgehead atoms. The summed E-state index contributed by atoms with van der Waals surface area (Å²) < 4.78 is 0. The molecular weight excluding hydrogens is 192 g/mol. The molecule has 0 aliphatic heterocycles. The van der Waals surface area contributed by atoms with Crippen molar-refractivity contribution in [3.05, 3.63) is 0 Å². The minimum atomic E-state index is 0.244. The zero-order valence-corrected chi connectivity index (χ0v) is 10.6. The van der Waals surface area contributed by atoms with Gasteiger partial charge < -0.3 is 5.32 Å². The highest BCUT2D eigenvalue weighted by molar-refractivity contribution is 7.99. The van der Waals surface area contributed by atoms with Crippen molar-refractivity contribution < 1.29 is 0 Å². The predicted molar refractivity (Wildman–Crippen MR) is 64.5 cm³/mol. The first-order valence-electron chi connectivity index (χ1n) is 5.12. The minimum Gasteiger partial charge on any atom is -0.315 e. The van der Waals surface area contributed by atoms with Gasteiger partial charge in [-0.25, -0.2) is 0 Å². The molecule has 0 radical (unpaired) electrons. The molecule has 0 aromatic carbocycles. The zero-order valence-electron chi connectivity index (χ0n) is 9.76. The Labute approximate surface area is 92.5 Å². The highest BCUT2D eigenvalue weighted by Crippen LogP contribution is 2.20. The number of nitriles is 1. The fourth-order valence-electron chi connectivity index (χ4n) is 1.18. The number of thioether (sulfide) groups is 1. The van der Waals surface area contributed by atoms with Crippen LogP contribution in [0.4, 0.5) is 0 Å². The van der Waals surface area contributed by atoms with Crippen LogP contribution in [0.1, 0.15) is 33.6 Å². The van der Waals surface area contributed by atoms with Gasteiger partial charge in [0.2, 0.25) is 0 Å². The number of rotatable bonds is 7. The maximum atomic E-state index is 8.51. The summed E-state index contributed by atoms with van der Waals surface area (Å²) in [7, 11) is 0. The summed E-state index contributed by atoms with van der Waals surface area (Å²) in [5.74, 6) is 0. The first-order chi connectivity index (χ1) is 6.52. The molecule has 0 fully saturated rings. The second-order valence-corrected chi connectivity index (χ2v) is 5.78. The molecule has 0 aromatic heterocycles. The number of hydrogen-bond acceptors (Lipinski definition) is 3. The van der Waals surface area contributed by atoms with Crippen molar-refractivity contribution in [1.82, 2.24) is 5.32 Å². The van der Waals surface area contributed by atoms with Crippen LogP contribution < -0.4 is 5.32 Å². The van der Waals surface area contributed by atoms with Crippen LogP contribution >= 0.6 is 11.8 Å². The van der Waals surface area contributed by atoms with E-state index < -0.39 is 0 Å². The standard InChI is InChI=1S/C11H22N2S/c1-10(14-4)8-13-9-11(2,3)6-5-7-12/h10,13H,5-6,8-9H2,1-4H3. The molecule has 0 amide bonds. The first-order valence-corrected chi connectivity index (χ1v) is 6.41. The van der Waals surface area contributed by atoms with Crippen LogP contribution in [0.3, 0.4) is 0 Å². The SMILES string of the molecule is CSC(C)CNCC(C)(C)CCC#N. The van der Waals surface area contributed by atoms with Gasteiger partial charge in [0.25, 0.3) is 0 Å². The normalized spacial score (nSPS) is 13.6. The molecule has 0 rings (SSSR count). The van der Waals surface area contributed by atoms with E-state index in [4.69, 9.17) is 5.26 Å². The lowest BCUT2D eigenvalue weighted by molar-refractivity contribution is 0.319. The summed E-state index contributed by atoms with van der Waals surface area (Å²) in [6.45, 7) is 8.69. The highest BCUT2D eigenvalue weighted by Gasteiger charge is 2.16. The van der Waals surface area contributed by atoms with Gasteiger partial charge in [0.05, 0.1) is 6.07 Å². The van der Waals surface area contributed by atoms with E-state index in [9.17, 15) is 0 Å². The van der Waals surface area contributed by atoms with E-state index in [0.717, 1.165) is 19.5 Å². The molecule has 0 aliphatic carbocycles. The predicted octanol–water partition coefficient (Wildman–Crippen LogP) is 2.66. The summed E-state index contributed by atoms with van der Waals surface area (Å²) in [5.41, 5.74) is 0.244. The third-order valence-corrected chi connectivity index (χ3v) is 3.32. The fourth-order valence-corrected chi connectivity index (χ4v) is 1.46. The summed E-state index contributed by atoms with van der Waals surface area (Å²) in [6.07, 6.45) is 3.77. The number of nitrogens with zero attached hydrogens (tertiary/aromatic N) is 1. The Kier molecular flexibility index (Phi) is 7.04. The molecule has 14 heavy (non-hydrogen) atoms. The van der Waals surface area contributed by atoms with Gasteiger partial charge in [-0.05, 0) is 18.1 Å². The lowest BCUT2D eigenvalue weighted by Crippen LogP contribution is -2.33. The molecule has 0 aromatic rings. The Morgan fingerprint density at radius 2 is 2.14 bits per heavy atom. The van der Waals surface area contributed by atoms with Gasteiger partial charge in [-0.2, -0.15) is 17.0 Å². The molecule has 82 valence electrons.